The molecule has 2 unspecified atom stereocenters. The Labute approximate surface area is 96.0 Å². The Hall–Kier alpha value is -0.900. The zero-order valence-corrected chi connectivity index (χ0v) is 9.34. The lowest BCUT2D eigenvalue weighted by Gasteiger charge is -2.12. The molecule has 1 N–H and O–H groups in total. The maximum absolute atomic E-state index is 8.92. The zero-order chi connectivity index (χ0) is 11.2. The summed E-state index contributed by atoms with van der Waals surface area (Å²) in [6.07, 6.45) is 2.10. The number of ether oxygens (including phenoxy) is 2. The van der Waals surface area contributed by atoms with Gasteiger partial charge < -0.3 is 14.6 Å². The first-order valence-corrected chi connectivity index (χ1v) is 5.76. The summed E-state index contributed by atoms with van der Waals surface area (Å²) >= 11 is 0. The smallest absolute Gasteiger partial charge is 0.0814 e. The molecule has 1 heterocycles. The monoisotopic (exact) mass is 222 g/mol. The molecule has 1 aromatic rings. The van der Waals surface area contributed by atoms with E-state index in [1.54, 1.807) is 0 Å². The van der Waals surface area contributed by atoms with E-state index < -0.39 is 0 Å². The van der Waals surface area contributed by atoms with Crippen LogP contribution in [0.2, 0.25) is 0 Å². The third-order valence-electron chi connectivity index (χ3n) is 2.81. The molecule has 2 rings (SSSR count). The van der Waals surface area contributed by atoms with Gasteiger partial charge in [0.05, 0.1) is 32.0 Å². The Kier molecular flexibility index (Phi) is 4.34. The van der Waals surface area contributed by atoms with Crippen LogP contribution in [-0.2, 0) is 16.1 Å². The fraction of sp³-hybridized carbons (Fsp3) is 0.538. The van der Waals surface area contributed by atoms with E-state index in [0.29, 0.717) is 13.2 Å². The molecule has 0 amide bonds. The number of hydrogen-bond donors (Lipinski definition) is 1. The number of rotatable bonds is 5. The minimum Gasteiger partial charge on any atom is -0.394 e. The van der Waals surface area contributed by atoms with Crippen LogP contribution >= 0.6 is 0 Å². The molecular weight excluding hydrogens is 204 g/mol. The molecule has 0 saturated carbocycles. The number of aliphatic hydroxyl groups excluding tert-OH is 1. The maximum Gasteiger partial charge on any atom is 0.0814 e. The van der Waals surface area contributed by atoms with Crippen molar-refractivity contribution in [3.8, 4) is 0 Å². The average molecular weight is 222 g/mol. The van der Waals surface area contributed by atoms with Gasteiger partial charge in [-0.25, -0.2) is 0 Å². The van der Waals surface area contributed by atoms with Crippen LogP contribution in [0.15, 0.2) is 30.3 Å². The standard InChI is InChI=1S/C13H18O3/c14-8-12-6-7-13(16-12)10-15-9-11-4-2-1-3-5-11/h1-5,12-14H,6-10H2. The van der Waals surface area contributed by atoms with Gasteiger partial charge in [0.25, 0.3) is 0 Å². The minimum absolute atomic E-state index is 0.0188. The molecule has 2 atom stereocenters. The highest BCUT2D eigenvalue weighted by atomic mass is 16.5. The molecule has 0 radical (unpaired) electrons. The second kappa shape index (κ2) is 5.99. The SMILES string of the molecule is OCC1CCC(COCc2ccccc2)O1. The lowest BCUT2D eigenvalue weighted by molar-refractivity contribution is -0.0350. The van der Waals surface area contributed by atoms with Crippen molar-refractivity contribution in [1.29, 1.82) is 0 Å². The van der Waals surface area contributed by atoms with Gasteiger partial charge in [0.1, 0.15) is 0 Å². The third-order valence-corrected chi connectivity index (χ3v) is 2.81. The molecule has 3 nitrogen and oxygen atoms in total. The third kappa shape index (κ3) is 3.30. The first-order chi connectivity index (χ1) is 7.88. The van der Waals surface area contributed by atoms with Crippen molar-refractivity contribution in [2.75, 3.05) is 13.2 Å². The van der Waals surface area contributed by atoms with Gasteiger partial charge in [0, 0.05) is 0 Å². The molecule has 1 saturated heterocycles. The fourth-order valence-corrected chi connectivity index (χ4v) is 1.92. The van der Waals surface area contributed by atoms with E-state index in [4.69, 9.17) is 14.6 Å². The van der Waals surface area contributed by atoms with Crippen LogP contribution in [0.4, 0.5) is 0 Å². The van der Waals surface area contributed by atoms with Crippen molar-refractivity contribution in [2.45, 2.75) is 31.7 Å². The predicted octanol–water partition coefficient (Wildman–Crippen LogP) is 1.74. The van der Waals surface area contributed by atoms with Crippen LogP contribution in [0, 0.1) is 0 Å². The fourth-order valence-electron chi connectivity index (χ4n) is 1.92. The van der Waals surface area contributed by atoms with Crippen LogP contribution in [0.25, 0.3) is 0 Å². The normalized spacial score (nSPS) is 24.8. The van der Waals surface area contributed by atoms with Gasteiger partial charge in [-0.2, -0.15) is 0 Å². The summed E-state index contributed by atoms with van der Waals surface area (Å²) in [6, 6.07) is 10.1. The van der Waals surface area contributed by atoms with E-state index in [2.05, 4.69) is 0 Å². The Morgan fingerprint density at radius 1 is 1.19 bits per heavy atom. The van der Waals surface area contributed by atoms with Crippen molar-refractivity contribution in [1.82, 2.24) is 0 Å². The summed E-state index contributed by atoms with van der Waals surface area (Å²) in [7, 11) is 0. The van der Waals surface area contributed by atoms with Gasteiger partial charge >= 0.3 is 0 Å². The number of hydrogen-bond acceptors (Lipinski definition) is 3. The van der Waals surface area contributed by atoms with E-state index in [9.17, 15) is 0 Å². The Balaban J connectivity index is 1.65. The second-order valence-corrected chi connectivity index (χ2v) is 4.14. The van der Waals surface area contributed by atoms with Crippen LogP contribution in [0.1, 0.15) is 18.4 Å². The van der Waals surface area contributed by atoms with Crippen molar-refractivity contribution in [3.63, 3.8) is 0 Å². The van der Waals surface area contributed by atoms with E-state index >= 15 is 0 Å². The lowest BCUT2D eigenvalue weighted by Crippen LogP contribution is -2.18. The molecule has 1 fully saturated rings. The Bertz CT molecular complexity index is 299. The zero-order valence-electron chi connectivity index (χ0n) is 9.34. The molecule has 1 aliphatic rings. The summed E-state index contributed by atoms with van der Waals surface area (Å²) in [5.74, 6) is 0. The van der Waals surface area contributed by atoms with Crippen LogP contribution in [0.5, 0.6) is 0 Å². The van der Waals surface area contributed by atoms with E-state index in [-0.39, 0.29) is 18.8 Å². The average Bonchev–Trinajstić information content (AvgIpc) is 2.78. The summed E-state index contributed by atoms with van der Waals surface area (Å²) in [6.45, 7) is 1.37. The largest absolute Gasteiger partial charge is 0.394 e. The molecule has 0 aliphatic carbocycles. The maximum atomic E-state index is 8.92. The first kappa shape index (κ1) is 11.6. The quantitative estimate of drug-likeness (QED) is 0.824. The first-order valence-electron chi connectivity index (χ1n) is 5.76. The summed E-state index contributed by atoms with van der Waals surface area (Å²) in [5, 5.41) is 8.92. The topological polar surface area (TPSA) is 38.7 Å². The van der Waals surface area contributed by atoms with Gasteiger partial charge in [0.2, 0.25) is 0 Å². The molecule has 1 aromatic carbocycles. The number of aliphatic hydroxyl groups is 1. The molecule has 0 aromatic heterocycles. The molecule has 3 heteroatoms. The summed E-state index contributed by atoms with van der Waals surface area (Å²) < 4.78 is 11.2. The molecule has 0 bridgehead atoms. The van der Waals surface area contributed by atoms with Crippen molar-refractivity contribution in [3.05, 3.63) is 35.9 Å². The summed E-state index contributed by atoms with van der Waals surface area (Å²) in [5.41, 5.74) is 1.18. The lowest BCUT2D eigenvalue weighted by atomic mass is 10.2. The van der Waals surface area contributed by atoms with Crippen LogP contribution in [-0.4, -0.2) is 30.5 Å². The molecule has 1 aliphatic heterocycles. The highest BCUT2D eigenvalue weighted by Crippen LogP contribution is 2.19. The van der Waals surface area contributed by atoms with E-state index in [1.165, 1.54) is 5.56 Å². The molecular formula is C13H18O3. The van der Waals surface area contributed by atoms with Crippen LogP contribution < -0.4 is 0 Å². The second-order valence-electron chi connectivity index (χ2n) is 4.14. The Morgan fingerprint density at radius 3 is 2.62 bits per heavy atom. The minimum atomic E-state index is 0.0188. The molecule has 0 spiro atoms. The van der Waals surface area contributed by atoms with E-state index in [1.807, 2.05) is 30.3 Å². The van der Waals surface area contributed by atoms with Crippen molar-refractivity contribution in [2.24, 2.45) is 0 Å². The van der Waals surface area contributed by atoms with Gasteiger partial charge in [-0.1, -0.05) is 30.3 Å². The van der Waals surface area contributed by atoms with Gasteiger partial charge in [-0.15, -0.1) is 0 Å². The molecule has 88 valence electrons. The van der Waals surface area contributed by atoms with Crippen molar-refractivity contribution >= 4 is 0 Å². The summed E-state index contributed by atoms with van der Waals surface area (Å²) in [4.78, 5) is 0. The van der Waals surface area contributed by atoms with Gasteiger partial charge in [-0.3, -0.25) is 0 Å². The van der Waals surface area contributed by atoms with Gasteiger partial charge in [0.15, 0.2) is 0 Å². The Morgan fingerprint density at radius 2 is 1.94 bits per heavy atom. The van der Waals surface area contributed by atoms with Crippen LogP contribution in [0.3, 0.4) is 0 Å². The number of benzene rings is 1. The van der Waals surface area contributed by atoms with Crippen molar-refractivity contribution < 1.29 is 14.6 Å². The predicted molar refractivity (Wildman–Crippen MR) is 61.1 cm³/mol. The van der Waals surface area contributed by atoms with E-state index in [0.717, 1.165) is 12.8 Å². The van der Waals surface area contributed by atoms with Gasteiger partial charge in [-0.05, 0) is 18.4 Å². The highest BCUT2D eigenvalue weighted by molar-refractivity contribution is 5.13. The molecule has 16 heavy (non-hydrogen) atoms. The highest BCUT2D eigenvalue weighted by Gasteiger charge is 2.24.